The summed E-state index contributed by atoms with van der Waals surface area (Å²) in [4.78, 5) is 3.40. The average molecular weight is 146 g/mol. The normalized spacial score (nSPS) is 23.6. The number of nitrogens with zero attached hydrogens (tertiary/aromatic N) is 1. The summed E-state index contributed by atoms with van der Waals surface area (Å²) in [5, 5.41) is 0. The monoisotopic (exact) mass is 146 g/mol. The minimum Gasteiger partial charge on any atom is -0.478 e. The van der Waals surface area contributed by atoms with E-state index in [0.717, 1.165) is 0 Å². The second kappa shape index (κ2) is 3.06. The summed E-state index contributed by atoms with van der Waals surface area (Å²) in [7, 11) is 0. The van der Waals surface area contributed by atoms with Gasteiger partial charge in [0.05, 0.1) is 13.4 Å². The van der Waals surface area contributed by atoms with Gasteiger partial charge in [0.1, 0.15) is 5.82 Å². The Morgan fingerprint density at radius 3 is 3.70 bits per heavy atom. The van der Waals surface area contributed by atoms with Crippen LogP contribution in [0.15, 0.2) is 18.1 Å². The van der Waals surface area contributed by atoms with E-state index in [1.165, 1.54) is 0 Å². The summed E-state index contributed by atoms with van der Waals surface area (Å²) in [6.07, 6.45) is 0. The molecule has 0 amide bonds. The maximum atomic E-state index is 7.42. The zero-order chi connectivity index (χ0) is 14.3. The molecule has 0 aliphatic heterocycles. The van der Waals surface area contributed by atoms with Gasteiger partial charge in [-0.25, -0.2) is 0 Å². The molecule has 3 nitrogen and oxygen atoms in total. The van der Waals surface area contributed by atoms with Crippen LogP contribution in [0, 0.1) is 0 Å². The molecular formula is C7H10N2O. The van der Waals surface area contributed by atoms with Gasteiger partial charge in [-0.3, -0.25) is 0 Å². The molecule has 1 aromatic heterocycles. The van der Waals surface area contributed by atoms with Crippen molar-refractivity contribution >= 4 is 5.82 Å². The molecule has 0 aliphatic rings. The minimum atomic E-state index is -3.09. The Kier molecular flexibility index (Phi) is 0.572. The van der Waals surface area contributed by atoms with E-state index >= 15 is 0 Å². The quantitative estimate of drug-likeness (QED) is 0.678. The number of hydrogen-bond donors (Lipinski definition) is 1. The lowest BCUT2D eigenvalue weighted by atomic mass is 10.4. The number of rotatable bonds is 2. The lowest BCUT2D eigenvalue weighted by Crippen LogP contribution is -1.96. The van der Waals surface area contributed by atoms with Crippen molar-refractivity contribution in [1.82, 2.24) is 4.98 Å². The van der Waals surface area contributed by atoms with Crippen molar-refractivity contribution in [3.05, 3.63) is 18.1 Å². The molecule has 0 unspecified atom stereocenters. The van der Waals surface area contributed by atoms with Crippen molar-refractivity contribution in [2.24, 2.45) is 0 Å². The Labute approximate surface area is 71.1 Å². The molecule has 0 aliphatic carbocycles. The highest BCUT2D eigenvalue weighted by Crippen LogP contribution is 2.07. The molecule has 10 heavy (non-hydrogen) atoms. The van der Waals surface area contributed by atoms with E-state index in [1.54, 1.807) is 0 Å². The summed E-state index contributed by atoms with van der Waals surface area (Å²) >= 11 is 0. The predicted octanol–water partition coefficient (Wildman–Crippen LogP) is 1.06. The van der Waals surface area contributed by atoms with Crippen molar-refractivity contribution in [2.75, 3.05) is 12.3 Å². The van der Waals surface area contributed by atoms with Crippen LogP contribution in [0.25, 0.3) is 0 Å². The largest absolute Gasteiger partial charge is 0.478 e. The van der Waals surface area contributed by atoms with Gasteiger partial charge in [0, 0.05) is 10.2 Å². The van der Waals surface area contributed by atoms with Crippen LogP contribution in [-0.2, 0) is 0 Å². The van der Waals surface area contributed by atoms with E-state index < -0.39 is 43.2 Å². The molecule has 0 atom stereocenters. The number of hydrogen-bond acceptors (Lipinski definition) is 3. The van der Waals surface area contributed by atoms with Crippen molar-refractivity contribution in [1.29, 1.82) is 0 Å². The van der Waals surface area contributed by atoms with Crippen LogP contribution in [-0.4, -0.2) is 11.5 Å². The van der Waals surface area contributed by atoms with Gasteiger partial charge < -0.3 is 10.5 Å². The first-order chi connectivity index (χ1) is 7.97. The summed E-state index contributed by atoms with van der Waals surface area (Å²) in [5.74, 6) is -1.16. The van der Waals surface area contributed by atoms with Gasteiger partial charge in [0.2, 0.25) is 5.88 Å². The third kappa shape index (κ3) is 1.62. The topological polar surface area (TPSA) is 48.1 Å². The second-order valence-electron chi connectivity index (χ2n) is 1.38. The Morgan fingerprint density at radius 2 is 2.90 bits per heavy atom. The number of nitrogens with two attached hydrogens (primary N) is 1. The Morgan fingerprint density at radius 1 is 2.00 bits per heavy atom. The average Bonchev–Trinajstić information content (AvgIpc) is 2.21. The standard InChI is InChI=1S/C7H10N2O/c1-2-10-7-5-3-4-6(8)9-7/h3-5H,2H2,1H3,(H2,8,9)/i1D3,2D2,3D,4D,5D. The van der Waals surface area contributed by atoms with Crippen molar-refractivity contribution in [3.8, 4) is 5.88 Å². The van der Waals surface area contributed by atoms with E-state index in [0.29, 0.717) is 0 Å². The van der Waals surface area contributed by atoms with E-state index in [4.69, 9.17) is 16.7 Å². The van der Waals surface area contributed by atoms with E-state index in [2.05, 4.69) is 9.72 Å². The third-order valence-corrected chi connectivity index (χ3v) is 0.730. The molecule has 1 aromatic rings. The van der Waals surface area contributed by atoms with Crippen molar-refractivity contribution in [3.63, 3.8) is 0 Å². The van der Waals surface area contributed by atoms with Gasteiger partial charge >= 0.3 is 0 Å². The maximum Gasteiger partial charge on any atom is 0.215 e. The molecule has 0 spiro atoms. The van der Waals surface area contributed by atoms with Crippen LogP contribution in [0.2, 0.25) is 0 Å². The first-order valence-corrected chi connectivity index (χ1v) is 2.39. The first-order valence-electron chi connectivity index (χ1n) is 6.39. The smallest absolute Gasteiger partial charge is 0.215 e. The van der Waals surface area contributed by atoms with E-state index in [9.17, 15) is 0 Å². The third-order valence-electron chi connectivity index (χ3n) is 0.730. The van der Waals surface area contributed by atoms with Crippen LogP contribution >= 0.6 is 0 Å². The molecular weight excluding hydrogens is 128 g/mol. The van der Waals surface area contributed by atoms with Gasteiger partial charge in [-0.1, -0.05) is 6.04 Å². The molecule has 2 N–H and O–H groups in total. The molecule has 1 rings (SSSR count). The number of ether oxygens (including phenoxy) is 1. The zero-order valence-corrected chi connectivity index (χ0v) is 4.93. The molecule has 54 valence electrons. The Hall–Kier alpha value is -1.25. The highest BCUT2D eigenvalue weighted by molar-refractivity contribution is 5.30. The SMILES string of the molecule is [2H]c1c(N)nc(OC([2H])([2H])C([2H])([2H])[2H])c([2H])c1[2H]. The molecule has 0 bridgehead atoms. The van der Waals surface area contributed by atoms with E-state index in [-0.39, 0.29) is 0 Å². The highest BCUT2D eigenvalue weighted by atomic mass is 16.5. The fourth-order valence-electron chi connectivity index (χ4n) is 0.411. The minimum absolute atomic E-state index is 0.438. The van der Waals surface area contributed by atoms with Crippen LogP contribution in [0.1, 0.15) is 17.8 Å². The molecule has 0 radical (unpaired) electrons. The van der Waals surface area contributed by atoms with E-state index in [1.807, 2.05) is 0 Å². The summed E-state index contributed by atoms with van der Waals surface area (Å²) < 4.78 is 61.8. The Bertz CT molecular complexity index is 471. The lowest BCUT2D eigenvalue weighted by Gasteiger charge is -2.00. The second-order valence-corrected chi connectivity index (χ2v) is 1.38. The molecule has 0 fully saturated rings. The van der Waals surface area contributed by atoms with Gasteiger partial charge in [0.15, 0.2) is 0 Å². The predicted molar refractivity (Wildman–Crippen MR) is 39.8 cm³/mol. The van der Waals surface area contributed by atoms with Crippen LogP contribution < -0.4 is 10.5 Å². The highest BCUT2D eigenvalue weighted by Gasteiger charge is 1.91. The van der Waals surface area contributed by atoms with Gasteiger partial charge in [-0.15, -0.1) is 0 Å². The fourth-order valence-corrected chi connectivity index (χ4v) is 0.411. The van der Waals surface area contributed by atoms with Gasteiger partial charge in [-0.05, 0) is 12.9 Å². The van der Waals surface area contributed by atoms with Gasteiger partial charge in [0.25, 0.3) is 0 Å². The lowest BCUT2D eigenvalue weighted by molar-refractivity contribution is 0.327. The number of aromatic nitrogens is 1. The van der Waals surface area contributed by atoms with Crippen LogP contribution in [0.5, 0.6) is 5.88 Å². The molecule has 0 saturated heterocycles. The van der Waals surface area contributed by atoms with Crippen molar-refractivity contribution in [2.45, 2.75) is 6.85 Å². The number of nitrogen functional groups attached to an aromatic ring is 1. The molecule has 0 aromatic carbocycles. The number of pyridine rings is 1. The van der Waals surface area contributed by atoms with Crippen molar-refractivity contribution < 1.29 is 15.7 Å². The van der Waals surface area contributed by atoms with Crippen LogP contribution in [0.4, 0.5) is 5.82 Å². The van der Waals surface area contributed by atoms with Gasteiger partial charge in [-0.2, -0.15) is 4.98 Å². The molecule has 3 heteroatoms. The summed E-state index contributed by atoms with van der Waals surface area (Å²) in [5.41, 5.74) is 5.27. The number of anilines is 1. The zero-order valence-electron chi connectivity index (χ0n) is 12.9. The molecule has 1 heterocycles. The van der Waals surface area contributed by atoms with Crippen LogP contribution in [0.3, 0.4) is 0 Å². The fraction of sp³-hybridized carbons (Fsp3) is 0.286. The summed E-state index contributed by atoms with van der Waals surface area (Å²) in [6, 6.07) is -1.80. The maximum absolute atomic E-state index is 7.42. The first kappa shape index (κ1) is 1.87. The summed E-state index contributed by atoms with van der Waals surface area (Å²) in [6.45, 7) is -6.16. The molecule has 0 saturated carbocycles. The Balaban J connectivity index is 3.22.